The van der Waals surface area contributed by atoms with Crippen LogP contribution in [0.5, 0.6) is 0 Å². The Kier molecular flexibility index (Phi) is 6.66. The number of carboxylic acid groups (broad SMARTS) is 1. The largest absolute Gasteiger partial charge is 0.480 e. The number of aromatic nitrogens is 1. The number of rotatable bonds is 9. The van der Waals surface area contributed by atoms with Crippen molar-refractivity contribution in [2.24, 2.45) is 0 Å². The number of pyridine rings is 1. The lowest BCUT2D eigenvalue weighted by molar-refractivity contribution is -0.137. The number of hydrogen-bond acceptors (Lipinski definition) is 7. The molecule has 4 aromatic rings. The van der Waals surface area contributed by atoms with E-state index in [2.05, 4.69) is 20.9 Å². The average Bonchev–Trinajstić information content (AvgIpc) is 2.91. The van der Waals surface area contributed by atoms with Crippen LogP contribution in [0.25, 0.3) is 10.8 Å². The van der Waals surface area contributed by atoms with Gasteiger partial charge < -0.3 is 21.1 Å². The summed E-state index contributed by atoms with van der Waals surface area (Å²) in [5.74, 6) is -0.349. The van der Waals surface area contributed by atoms with Crippen LogP contribution in [0.3, 0.4) is 0 Å². The molecule has 3 aromatic carbocycles. The van der Waals surface area contributed by atoms with E-state index in [-0.39, 0.29) is 23.8 Å². The smallest absolute Gasteiger partial charge is 0.326 e. The lowest BCUT2D eigenvalue weighted by Gasteiger charge is -2.26. The molecule has 0 amide bonds. The molecule has 0 spiro atoms. The van der Waals surface area contributed by atoms with E-state index in [4.69, 9.17) is 0 Å². The van der Waals surface area contributed by atoms with Gasteiger partial charge in [-0.25, -0.2) is 9.78 Å². The standard InChI is InChI=1S/C28H28N4O4/c33-25-23(30-19-7-2-1-3-8-19)24(26(25)34)32-22(28(35)36)16-17-10-12-20(13-11-17)31-27-21-9-5-4-6-18(21)14-15-29-27/h4-6,9-15,19,22,30,32H,1-3,7-8,16H2,(H,29,31)(H,35,36). The quantitative estimate of drug-likeness (QED) is 0.258. The molecule has 1 fully saturated rings. The maximum Gasteiger partial charge on any atom is 0.326 e. The topological polar surface area (TPSA) is 120 Å². The highest BCUT2D eigenvalue weighted by atomic mass is 16.4. The zero-order chi connectivity index (χ0) is 25.1. The summed E-state index contributed by atoms with van der Waals surface area (Å²) in [5, 5.41) is 21.2. The van der Waals surface area contributed by atoms with Gasteiger partial charge in [0.2, 0.25) is 0 Å². The number of carbonyl (C=O) groups is 1. The van der Waals surface area contributed by atoms with Gasteiger partial charge in [0.05, 0.1) is 0 Å². The second-order valence-corrected chi connectivity index (χ2v) is 9.33. The van der Waals surface area contributed by atoms with Gasteiger partial charge in [-0.3, -0.25) is 9.59 Å². The Hall–Kier alpha value is -4.20. The van der Waals surface area contributed by atoms with Gasteiger partial charge in [0.15, 0.2) is 0 Å². The van der Waals surface area contributed by atoms with Gasteiger partial charge >= 0.3 is 5.97 Å². The predicted octanol–water partition coefficient (Wildman–Crippen LogP) is 4.43. The van der Waals surface area contributed by atoms with Gasteiger partial charge in [0, 0.05) is 29.7 Å². The van der Waals surface area contributed by atoms with Crippen molar-refractivity contribution in [3.05, 3.63) is 86.8 Å². The molecular formula is C28H28N4O4. The van der Waals surface area contributed by atoms with Gasteiger partial charge in [0.1, 0.15) is 23.2 Å². The Balaban J connectivity index is 1.27. The van der Waals surface area contributed by atoms with Crippen molar-refractivity contribution in [2.75, 3.05) is 16.0 Å². The van der Waals surface area contributed by atoms with Crippen molar-refractivity contribution in [2.45, 2.75) is 50.6 Å². The molecule has 1 aliphatic carbocycles. The Morgan fingerprint density at radius 1 is 0.944 bits per heavy atom. The number of nitrogens with zero attached hydrogens (tertiary/aromatic N) is 1. The van der Waals surface area contributed by atoms with Crippen LogP contribution in [-0.4, -0.2) is 28.1 Å². The van der Waals surface area contributed by atoms with Crippen molar-refractivity contribution < 1.29 is 9.90 Å². The third-order valence-electron chi connectivity index (χ3n) is 6.81. The zero-order valence-electron chi connectivity index (χ0n) is 19.8. The van der Waals surface area contributed by atoms with E-state index in [1.165, 1.54) is 6.42 Å². The summed E-state index contributed by atoms with van der Waals surface area (Å²) < 4.78 is 0. The molecule has 0 bridgehead atoms. The predicted molar refractivity (Wildman–Crippen MR) is 142 cm³/mol. The molecule has 0 radical (unpaired) electrons. The fourth-order valence-corrected chi connectivity index (χ4v) is 4.81. The van der Waals surface area contributed by atoms with Crippen molar-refractivity contribution >= 4 is 39.6 Å². The van der Waals surface area contributed by atoms with E-state index >= 15 is 0 Å². The van der Waals surface area contributed by atoms with E-state index in [1.807, 2.05) is 54.6 Å². The summed E-state index contributed by atoms with van der Waals surface area (Å²) in [6.45, 7) is 0. The number of fused-ring (bicyclic) bond motifs is 1. The van der Waals surface area contributed by atoms with Crippen LogP contribution in [0.2, 0.25) is 0 Å². The molecule has 1 heterocycles. The Bertz CT molecular complexity index is 1450. The molecule has 4 N–H and O–H groups in total. The van der Waals surface area contributed by atoms with E-state index in [9.17, 15) is 19.5 Å². The minimum Gasteiger partial charge on any atom is -0.480 e. The van der Waals surface area contributed by atoms with Gasteiger partial charge in [-0.05, 0) is 42.0 Å². The molecule has 5 rings (SSSR count). The first-order valence-electron chi connectivity index (χ1n) is 12.3. The van der Waals surface area contributed by atoms with E-state index in [0.29, 0.717) is 0 Å². The van der Waals surface area contributed by atoms with E-state index in [0.717, 1.165) is 53.5 Å². The molecule has 1 aromatic heterocycles. The summed E-state index contributed by atoms with van der Waals surface area (Å²) in [6.07, 6.45) is 7.11. The first kappa shape index (κ1) is 23.5. The molecule has 0 aliphatic heterocycles. The molecule has 184 valence electrons. The van der Waals surface area contributed by atoms with Gasteiger partial charge in [-0.2, -0.15) is 0 Å². The lowest BCUT2D eigenvalue weighted by atomic mass is 9.95. The van der Waals surface area contributed by atoms with Crippen LogP contribution in [0, 0.1) is 0 Å². The fourth-order valence-electron chi connectivity index (χ4n) is 4.81. The van der Waals surface area contributed by atoms with Crippen molar-refractivity contribution in [3.63, 3.8) is 0 Å². The zero-order valence-corrected chi connectivity index (χ0v) is 19.8. The van der Waals surface area contributed by atoms with Crippen molar-refractivity contribution in [1.29, 1.82) is 0 Å². The molecule has 1 saturated carbocycles. The minimum atomic E-state index is -1.09. The average molecular weight is 485 g/mol. The summed E-state index contributed by atoms with van der Waals surface area (Å²) in [5.41, 5.74) is 0.667. The van der Waals surface area contributed by atoms with E-state index < -0.39 is 22.9 Å². The van der Waals surface area contributed by atoms with Gasteiger partial charge in [-0.1, -0.05) is 55.7 Å². The molecular weight excluding hydrogens is 456 g/mol. The minimum absolute atomic E-state index is 0.0818. The SMILES string of the molecule is O=C(O)C(Cc1ccc(Nc2nccc3ccccc23)cc1)Nc1c(NC2CCCCC2)c(=O)c1=O. The summed E-state index contributed by atoms with van der Waals surface area (Å²) >= 11 is 0. The van der Waals surface area contributed by atoms with Crippen LogP contribution < -0.4 is 26.8 Å². The lowest BCUT2D eigenvalue weighted by Crippen LogP contribution is -2.43. The molecule has 1 unspecified atom stereocenters. The third kappa shape index (κ3) is 4.93. The number of aliphatic carboxylic acids is 1. The van der Waals surface area contributed by atoms with Crippen LogP contribution in [0.4, 0.5) is 22.9 Å². The molecule has 0 saturated heterocycles. The normalized spacial score (nSPS) is 15.0. The fraction of sp³-hybridized carbons (Fsp3) is 0.286. The van der Waals surface area contributed by atoms with Crippen molar-refractivity contribution in [1.82, 2.24) is 4.98 Å². The molecule has 8 heteroatoms. The van der Waals surface area contributed by atoms with E-state index in [1.54, 1.807) is 6.20 Å². The van der Waals surface area contributed by atoms with Crippen LogP contribution in [0.15, 0.2) is 70.4 Å². The Morgan fingerprint density at radius 3 is 2.42 bits per heavy atom. The Labute approximate surface area is 208 Å². The maximum atomic E-state index is 12.2. The highest BCUT2D eigenvalue weighted by Gasteiger charge is 2.28. The third-order valence-corrected chi connectivity index (χ3v) is 6.81. The Morgan fingerprint density at radius 2 is 1.67 bits per heavy atom. The summed E-state index contributed by atoms with van der Waals surface area (Å²) in [7, 11) is 0. The highest BCUT2D eigenvalue weighted by molar-refractivity contribution is 5.93. The highest BCUT2D eigenvalue weighted by Crippen LogP contribution is 2.26. The monoisotopic (exact) mass is 484 g/mol. The molecule has 1 aliphatic rings. The summed E-state index contributed by atoms with van der Waals surface area (Å²) in [4.78, 5) is 40.8. The van der Waals surface area contributed by atoms with Gasteiger partial charge in [-0.15, -0.1) is 0 Å². The number of nitrogens with one attached hydrogen (secondary N) is 3. The molecule has 36 heavy (non-hydrogen) atoms. The van der Waals surface area contributed by atoms with Crippen LogP contribution in [-0.2, 0) is 11.2 Å². The molecule has 8 nitrogen and oxygen atoms in total. The first-order chi connectivity index (χ1) is 17.5. The van der Waals surface area contributed by atoms with Gasteiger partial charge in [0.25, 0.3) is 10.9 Å². The van der Waals surface area contributed by atoms with Crippen molar-refractivity contribution in [3.8, 4) is 0 Å². The first-order valence-corrected chi connectivity index (χ1v) is 12.3. The second kappa shape index (κ2) is 10.2. The maximum absolute atomic E-state index is 12.2. The summed E-state index contributed by atoms with van der Waals surface area (Å²) in [6, 6.07) is 16.4. The number of anilines is 4. The number of benzene rings is 2. The number of hydrogen-bond donors (Lipinski definition) is 4. The molecule has 1 atom stereocenters. The van der Waals surface area contributed by atoms with Crippen LogP contribution in [0.1, 0.15) is 37.7 Å². The van der Waals surface area contributed by atoms with Crippen LogP contribution >= 0.6 is 0 Å². The second-order valence-electron chi connectivity index (χ2n) is 9.33. The number of carboxylic acids is 1.